The van der Waals surface area contributed by atoms with E-state index in [1.54, 1.807) is 0 Å². The van der Waals surface area contributed by atoms with Gasteiger partial charge in [-0.05, 0) is 25.7 Å². The molecule has 0 aliphatic heterocycles. The molecule has 0 rings (SSSR count). The van der Waals surface area contributed by atoms with Gasteiger partial charge in [-0.1, -0.05) is 77.0 Å². The molecule has 0 aliphatic rings. The number of unbranched alkanes of at least 4 members (excludes halogenated alkanes) is 13. The minimum absolute atomic E-state index is 0.0385. The van der Waals surface area contributed by atoms with Gasteiger partial charge < -0.3 is 44.9 Å². The molecule has 5 N–H and O–H groups in total. The first-order valence-corrected chi connectivity index (χ1v) is 18.7. The van der Waals surface area contributed by atoms with E-state index in [4.69, 9.17) is 29.2 Å². The van der Waals surface area contributed by atoms with Crippen molar-refractivity contribution in [1.29, 1.82) is 0 Å². The average Bonchev–Trinajstić information content (AvgIpc) is 3.08. The number of carboxylic acid groups (broad SMARTS) is 3. The molecule has 0 aromatic rings. The summed E-state index contributed by atoms with van der Waals surface area (Å²) in [5.74, 6) is -3.65. The Labute approximate surface area is 302 Å². The minimum atomic E-state index is -1.16. The lowest BCUT2D eigenvalue weighted by Gasteiger charge is -2.14. The van der Waals surface area contributed by atoms with Crippen LogP contribution in [0.15, 0.2) is 0 Å². The summed E-state index contributed by atoms with van der Waals surface area (Å²) in [5, 5.41) is 31.7. The summed E-state index contributed by atoms with van der Waals surface area (Å²) < 4.78 is 20.7. The predicted octanol–water partition coefficient (Wildman–Crippen LogP) is 4.28. The van der Waals surface area contributed by atoms with Crippen LogP contribution in [0.2, 0.25) is 0 Å². The average molecular weight is 733 g/mol. The lowest BCUT2D eigenvalue weighted by atomic mass is 10.0. The number of hydrogen-bond acceptors (Lipinski definition) is 10. The molecule has 0 fully saturated rings. The van der Waals surface area contributed by atoms with Crippen molar-refractivity contribution in [3.8, 4) is 0 Å². The van der Waals surface area contributed by atoms with Crippen LogP contribution in [-0.4, -0.2) is 116 Å². The molecule has 1 unspecified atom stereocenters. The first kappa shape index (κ1) is 47.9. The number of carboxylic acids is 3. The van der Waals surface area contributed by atoms with Crippen LogP contribution in [0.4, 0.5) is 0 Å². The van der Waals surface area contributed by atoms with Gasteiger partial charge in [-0.25, -0.2) is 9.59 Å². The zero-order chi connectivity index (χ0) is 37.8. The van der Waals surface area contributed by atoms with Crippen LogP contribution in [0.5, 0.6) is 0 Å². The van der Waals surface area contributed by atoms with Crippen molar-refractivity contribution in [2.45, 2.75) is 134 Å². The smallest absolute Gasteiger partial charge is 0.329 e. The lowest BCUT2D eigenvalue weighted by Crippen LogP contribution is -2.41. The number of hydrogen-bond donors (Lipinski definition) is 5. The molecule has 0 aliphatic carbocycles. The van der Waals surface area contributed by atoms with E-state index >= 15 is 0 Å². The molecule has 0 heterocycles. The van der Waals surface area contributed by atoms with Crippen molar-refractivity contribution in [1.82, 2.24) is 10.6 Å². The monoisotopic (exact) mass is 732 g/mol. The third-order valence-corrected chi connectivity index (χ3v) is 7.91. The number of carbonyl (C=O) groups is 6. The van der Waals surface area contributed by atoms with E-state index in [2.05, 4.69) is 10.6 Å². The van der Waals surface area contributed by atoms with Crippen LogP contribution >= 0.6 is 0 Å². The Morgan fingerprint density at radius 3 is 1.47 bits per heavy atom. The van der Waals surface area contributed by atoms with E-state index in [1.165, 1.54) is 44.9 Å². The number of carbonyl (C=O) groups excluding carboxylic acids is 3. The summed E-state index contributed by atoms with van der Waals surface area (Å²) in [6.07, 6.45) is 16.5. The fourth-order valence-electron chi connectivity index (χ4n) is 5.09. The first-order chi connectivity index (χ1) is 24.6. The number of amides is 2. The topological polar surface area (TPSA) is 224 Å². The molecule has 0 bridgehead atoms. The summed E-state index contributed by atoms with van der Waals surface area (Å²) in [6, 6.07) is -1.10. The Balaban J connectivity index is 3.66. The van der Waals surface area contributed by atoms with Crippen LogP contribution in [0.3, 0.4) is 0 Å². The standard InChI is InChI=1S/C36H64N2O13/c39-30(16-15-22-48-24-26-50-28-33(41)37-21-23-49-25-27-51-29-35(44)45)19-20-31(36(46)47)38-32(40)17-13-11-9-7-5-3-1-2-4-6-8-10-12-14-18-34(42)43/h31H,1-29H2,(H,37,41)(H,38,40)(H,42,43)(H,44,45)(H,46,47). The van der Waals surface area contributed by atoms with E-state index < -0.39 is 23.9 Å². The van der Waals surface area contributed by atoms with Crippen molar-refractivity contribution in [2.75, 3.05) is 59.4 Å². The van der Waals surface area contributed by atoms with Crippen molar-refractivity contribution in [3.05, 3.63) is 0 Å². The molecular formula is C36H64N2O13. The second-order valence-corrected chi connectivity index (χ2v) is 12.6. The second-order valence-electron chi connectivity index (χ2n) is 12.6. The Kier molecular flexibility index (Phi) is 33.1. The zero-order valence-corrected chi connectivity index (χ0v) is 30.5. The number of nitrogens with one attached hydrogen (secondary N) is 2. The number of Topliss-reactive ketones (excluding diaryl/α,β-unsaturated/α-hetero) is 1. The van der Waals surface area contributed by atoms with E-state index in [9.17, 15) is 33.9 Å². The highest BCUT2D eigenvalue weighted by atomic mass is 16.5. The molecular weight excluding hydrogens is 668 g/mol. The van der Waals surface area contributed by atoms with Gasteiger partial charge in [0.25, 0.3) is 0 Å². The fourth-order valence-corrected chi connectivity index (χ4v) is 5.09. The predicted molar refractivity (Wildman–Crippen MR) is 188 cm³/mol. The van der Waals surface area contributed by atoms with Gasteiger partial charge in [-0.2, -0.15) is 0 Å². The molecule has 0 saturated heterocycles. The molecule has 2 amide bonds. The zero-order valence-electron chi connectivity index (χ0n) is 30.5. The van der Waals surface area contributed by atoms with Gasteiger partial charge in [0.15, 0.2) is 0 Å². The van der Waals surface area contributed by atoms with E-state index in [1.807, 2.05) is 0 Å². The number of ether oxygens (including phenoxy) is 4. The van der Waals surface area contributed by atoms with Crippen molar-refractivity contribution in [3.63, 3.8) is 0 Å². The van der Waals surface area contributed by atoms with E-state index in [0.717, 1.165) is 38.5 Å². The summed E-state index contributed by atoms with van der Waals surface area (Å²) >= 11 is 0. The third-order valence-electron chi connectivity index (χ3n) is 7.91. The van der Waals surface area contributed by atoms with Gasteiger partial charge in [0.1, 0.15) is 25.0 Å². The van der Waals surface area contributed by atoms with Gasteiger partial charge in [-0.15, -0.1) is 0 Å². The quantitative estimate of drug-likeness (QED) is 0.0558. The molecule has 296 valence electrons. The van der Waals surface area contributed by atoms with Gasteiger partial charge in [0.05, 0.1) is 33.0 Å². The molecule has 0 saturated carbocycles. The SMILES string of the molecule is O=C(O)CCCCCCCCCCCCCCCCC(=O)NC(CCC(=O)CCCOCCOCC(=O)NCCOCCOCC(=O)O)C(=O)O. The fraction of sp³-hybridized carbons (Fsp3) is 0.833. The maximum absolute atomic E-state index is 12.3. The van der Waals surface area contributed by atoms with Crippen molar-refractivity contribution >= 4 is 35.5 Å². The summed E-state index contributed by atoms with van der Waals surface area (Å²) in [6.45, 7) is 1.12. The van der Waals surface area contributed by atoms with Crippen LogP contribution in [0, 0.1) is 0 Å². The Hall–Kier alpha value is -3.14. The van der Waals surface area contributed by atoms with Crippen molar-refractivity contribution < 1.29 is 63.0 Å². The minimum Gasteiger partial charge on any atom is -0.481 e. The van der Waals surface area contributed by atoms with E-state index in [0.29, 0.717) is 19.4 Å². The summed E-state index contributed by atoms with van der Waals surface area (Å²) in [4.78, 5) is 68.6. The molecule has 15 heteroatoms. The Bertz CT molecular complexity index is 948. The largest absolute Gasteiger partial charge is 0.481 e. The molecule has 51 heavy (non-hydrogen) atoms. The van der Waals surface area contributed by atoms with Crippen LogP contribution in [0.25, 0.3) is 0 Å². The highest BCUT2D eigenvalue weighted by Crippen LogP contribution is 2.14. The van der Waals surface area contributed by atoms with Crippen molar-refractivity contribution in [2.24, 2.45) is 0 Å². The molecule has 0 spiro atoms. The van der Waals surface area contributed by atoms with E-state index in [-0.39, 0.29) is 102 Å². The molecule has 0 radical (unpaired) electrons. The number of ketones is 1. The van der Waals surface area contributed by atoms with Gasteiger partial charge >= 0.3 is 17.9 Å². The lowest BCUT2D eigenvalue weighted by molar-refractivity contribution is -0.143. The normalized spacial score (nSPS) is 11.6. The van der Waals surface area contributed by atoms with Gasteiger partial charge in [-0.3, -0.25) is 19.2 Å². The third kappa shape index (κ3) is 36.5. The Morgan fingerprint density at radius 2 is 0.941 bits per heavy atom. The number of rotatable bonds is 39. The summed E-state index contributed by atoms with van der Waals surface area (Å²) in [7, 11) is 0. The first-order valence-electron chi connectivity index (χ1n) is 18.7. The van der Waals surface area contributed by atoms with Crippen LogP contribution in [0.1, 0.15) is 128 Å². The Morgan fingerprint density at radius 1 is 0.451 bits per heavy atom. The van der Waals surface area contributed by atoms with Crippen LogP contribution in [-0.2, 0) is 47.7 Å². The second kappa shape index (κ2) is 35.3. The molecule has 0 aromatic heterocycles. The highest BCUT2D eigenvalue weighted by molar-refractivity contribution is 5.84. The molecule has 0 aromatic carbocycles. The highest BCUT2D eigenvalue weighted by Gasteiger charge is 2.20. The maximum atomic E-state index is 12.3. The van der Waals surface area contributed by atoms with Gasteiger partial charge in [0.2, 0.25) is 11.8 Å². The summed E-state index contributed by atoms with van der Waals surface area (Å²) in [5.41, 5.74) is 0. The van der Waals surface area contributed by atoms with Crippen LogP contribution < -0.4 is 10.6 Å². The van der Waals surface area contributed by atoms with Gasteiger partial charge in [0, 0.05) is 38.8 Å². The maximum Gasteiger partial charge on any atom is 0.329 e. The molecule has 1 atom stereocenters. The molecule has 15 nitrogen and oxygen atoms in total. The number of aliphatic carboxylic acids is 3.